The lowest BCUT2D eigenvalue weighted by molar-refractivity contribution is 0.586. The Kier molecular flexibility index (Phi) is 3.06. The van der Waals surface area contributed by atoms with E-state index in [4.69, 9.17) is 5.73 Å². The van der Waals surface area contributed by atoms with Crippen LogP contribution in [0.5, 0.6) is 0 Å². The second-order valence-corrected chi connectivity index (χ2v) is 5.59. The lowest BCUT2D eigenvalue weighted by Crippen LogP contribution is -2.32. The van der Waals surface area contributed by atoms with Crippen molar-refractivity contribution in [3.05, 3.63) is 5.69 Å². The van der Waals surface area contributed by atoms with Crippen molar-refractivity contribution in [3.63, 3.8) is 0 Å². The summed E-state index contributed by atoms with van der Waals surface area (Å²) in [7, 11) is 4.11. The van der Waals surface area contributed by atoms with E-state index in [9.17, 15) is 0 Å². The minimum Gasteiger partial charge on any atom is -0.394 e. The number of nitrogens with zero attached hydrogens (tertiary/aromatic N) is 3. The van der Waals surface area contributed by atoms with E-state index in [1.54, 1.807) is 0 Å². The largest absolute Gasteiger partial charge is 0.394 e. The van der Waals surface area contributed by atoms with Gasteiger partial charge in [0.25, 0.3) is 0 Å². The summed E-state index contributed by atoms with van der Waals surface area (Å²) in [5.74, 6) is 2.27. The van der Waals surface area contributed by atoms with Gasteiger partial charge < -0.3 is 10.6 Å². The first-order valence-electron chi connectivity index (χ1n) is 6.48. The number of anilines is 2. The SMILES string of the molecule is CC(C)c1nn(C)c(N(C)C(C)C2CC2)c1N. The molecule has 1 unspecified atom stereocenters. The number of nitrogen functional groups attached to an aromatic ring is 1. The molecule has 1 aliphatic rings. The molecule has 0 aromatic carbocycles. The molecule has 1 aromatic rings. The third kappa shape index (κ3) is 2.13. The fourth-order valence-electron chi connectivity index (χ4n) is 2.48. The molecular weight excluding hydrogens is 212 g/mol. The van der Waals surface area contributed by atoms with E-state index < -0.39 is 0 Å². The van der Waals surface area contributed by atoms with Crippen molar-refractivity contribution in [1.29, 1.82) is 0 Å². The standard InChI is InChI=1S/C13H24N4/c1-8(2)12-11(14)13(17(5)15-12)16(4)9(3)10-6-7-10/h8-10H,6-7,14H2,1-5H3. The molecule has 2 rings (SSSR count). The Morgan fingerprint density at radius 1 is 1.35 bits per heavy atom. The monoisotopic (exact) mass is 236 g/mol. The maximum atomic E-state index is 6.24. The van der Waals surface area contributed by atoms with Gasteiger partial charge in [-0.3, -0.25) is 4.68 Å². The van der Waals surface area contributed by atoms with Crippen molar-refractivity contribution >= 4 is 11.5 Å². The van der Waals surface area contributed by atoms with Crippen LogP contribution in [0, 0.1) is 5.92 Å². The molecule has 2 N–H and O–H groups in total. The number of hydrogen-bond donors (Lipinski definition) is 1. The van der Waals surface area contributed by atoms with Gasteiger partial charge in [0, 0.05) is 20.1 Å². The summed E-state index contributed by atoms with van der Waals surface area (Å²) in [6.07, 6.45) is 2.70. The maximum absolute atomic E-state index is 6.24. The molecule has 0 saturated heterocycles. The van der Waals surface area contributed by atoms with Crippen LogP contribution in [0.3, 0.4) is 0 Å². The molecule has 17 heavy (non-hydrogen) atoms. The highest BCUT2D eigenvalue weighted by atomic mass is 15.4. The van der Waals surface area contributed by atoms with Crippen molar-refractivity contribution < 1.29 is 0 Å². The smallest absolute Gasteiger partial charge is 0.150 e. The van der Waals surface area contributed by atoms with E-state index >= 15 is 0 Å². The third-order valence-corrected chi connectivity index (χ3v) is 3.88. The second-order valence-electron chi connectivity index (χ2n) is 5.59. The van der Waals surface area contributed by atoms with E-state index in [2.05, 4.69) is 37.8 Å². The Hall–Kier alpha value is -1.19. The highest BCUT2D eigenvalue weighted by Crippen LogP contribution is 2.38. The molecule has 1 atom stereocenters. The molecule has 1 aromatic heterocycles. The van der Waals surface area contributed by atoms with Crippen LogP contribution in [0.25, 0.3) is 0 Å². The minimum atomic E-state index is 0.375. The predicted octanol–water partition coefficient (Wildman–Crippen LogP) is 2.36. The van der Waals surface area contributed by atoms with Crippen molar-refractivity contribution in [2.24, 2.45) is 13.0 Å². The molecule has 1 heterocycles. The van der Waals surface area contributed by atoms with Crippen LogP contribution in [-0.4, -0.2) is 22.9 Å². The Labute approximate surface area is 104 Å². The topological polar surface area (TPSA) is 47.1 Å². The normalized spacial score (nSPS) is 17.5. The molecule has 0 spiro atoms. The zero-order chi connectivity index (χ0) is 12.7. The number of aromatic nitrogens is 2. The number of rotatable bonds is 4. The fraction of sp³-hybridized carbons (Fsp3) is 0.769. The van der Waals surface area contributed by atoms with Gasteiger partial charge in [0.15, 0.2) is 0 Å². The van der Waals surface area contributed by atoms with Crippen LogP contribution in [-0.2, 0) is 7.05 Å². The molecule has 0 aliphatic heterocycles. The van der Waals surface area contributed by atoms with Gasteiger partial charge in [0.2, 0.25) is 0 Å². The number of hydrogen-bond acceptors (Lipinski definition) is 3. The Balaban J connectivity index is 2.30. The summed E-state index contributed by atoms with van der Waals surface area (Å²) in [5, 5.41) is 4.54. The van der Waals surface area contributed by atoms with E-state index in [1.165, 1.54) is 12.8 Å². The molecule has 4 nitrogen and oxygen atoms in total. The van der Waals surface area contributed by atoms with Crippen LogP contribution in [0.15, 0.2) is 0 Å². The van der Waals surface area contributed by atoms with Crippen molar-refractivity contribution in [2.45, 2.75) is 45.6 Å². The molecule has 4 heteroatoms. The van der Waals surface area contributed by atoms with Crippen LogP contribution in [0.1, 0.15) is 45.2 Å². The zero-order valence-corrected chi connectivity index (χ0v) is 11.6. The number of aryl methyl sites for hydroxylation is 1. The summed E-state index contributed by atoms with van der Waals surface area (Å²) in [5.41, 5.74) is 8.10. The average molecular weight is 236 g/mol. The summed E-state index contributed by atoms with van der Waals surface area (Å²) >= 11 is 0. The van der Waals surface area contributed by atoms with Crippen LogP contribution in [0.4, 0.5) is 11.5 Å². The van der Waals surface area contributed by atoms with Gasteiger partial charge in [-0.15, -0.1) is 0 Å². The summed E-state index contributed by atoms with van der Waals surface area (Å²) in [4.78, 5) is 2.28. The van der Waals surface area contributed by atoms with Gasteiger partial charge in [-0.05, 0) is 31.6 Å². The van der Waals surface area contributed by atoms with Gasteiger partial charge in [-0.2, -0.15) is 5.10 Å². The molecule has 1 aliphatic carbocycles. The van der Waals surface area contributed by atoms with E-state index in [0.717, 1.165) is 23.1 Å². The van der Waals surface area contributed by atoms with Gasteiger partial charge in [0.05, 0.1) is 11.4 Å². The van der Waals surface area contributed by atoms with Crippen molar-refractivity contribution in [1.82, 2.24) is 9.78 Å². The van der Waals surface area contributed by atoms with Crippen LogP contribution in [0.2, 0.25) is 0 Å². The van der Waals surface area contributed by atoms with E-state index in [1.807, 2.05) is 11.7 Å². The first kappa shape index (κ1) is 12.3. The van der Waals surface area contributed by atoms with Gasteiger partial charge in [0.1, 0.15) is 5.82 Å². The Bertz CT molecular complexity index is 404. The van der Waals surface area contributed by atoms with Crippen molar-refractivity contribution in [2.75, 3.05) is 17.7 Å². The Morgan fingerprint density at radius 2 is 1.94 bits per heavy atom. The maximum Gasteiger partial charge on any atom is 0.150 e. The second kappa shape index (κ2) is 4.24. The first-order valence-corrected chi connectivity index (χ1v) is 6.48. The summed E-state index contributed by atoms with van der Waals surface area (Å²) in [6, 6.07) is 0.549. The Morgan fingerprint density at radius 3 is 2.35 bits per heavy atom. The average Bonchev–Trinajstić information content (AvgIpc) is 3.04. The molecule has 0 bridgehead atoms. The summed E-state index contributed by atoms with van der Waals surface area (Å²) < 4.78 is 1.92. The van der Waals surface area contributed by atoms with Gasteiger partial charge in [-0.25, -0.2) is 0 Å². The van der Waals surface area contributed by atoms with E-state index in [0.29, 0.717) is 12.0 Å². The highest BCUT2D eigenvalue weighted by molar-refractivity contribution is 5.67. The fourth-order valence-corrected chi connectivity index (χ4v) is 2.48. The molecule has 96 valence electrons. The first-order chi connectivity index (χ1) is 7.93. The van der Waals surface area contributed by atoms with Crippen LogP contribution >= 0.6 is 0 Å². The van der Waals surface area contributed by atoms with Gasteiger partial charge >= 0.3 is 0 Å². The molecule has 1 saturated carbocycles. The molecular formula is C13H24N4. The zero-order valence-electron chi connectivity index (χ0n) is 11.6. The lowest BCUT2D eigenvalue weighted by atomic mass is 10.1. The summed E-state index contributed by atoms with van der Waals surface area (Å²) in [6.45, 7) is 6.54. The predicted molar refractivity (Wildman–Crippen MR) is 72.3 cm³/mol. The lowest BCUT2D eigenvalue weighted by Gasteiger charge is -2.27. The minimum absolute atomic E-state index is 0.375. The highest BCUT2D eigenvalue weighted by Gasteiger charge is 2.32. The molecule has 1 fully saturated rings. The third-order valence-electron chi connectivity index (χ3n) is 3.88. The molecule has 0 amide bonds. The number of nitrogens with two attached hydrogens (primary N) is 1. The van der Waals surface area contributed by atoms with E-state index in [-0.39, 0.29) is 0 Å². The van der Waals surface area contributed by atoms with Crippen LogP contribution < -0.4 is 10.6 Å². The molecule has 0 radical (unpaired) electrons. The quantitative estimate of drug-likeness (QED) is 0.873. The van der Waals surface area contributed by atoms with Gasteiger partial charge in [-0.1, -0.05) is 13.8 Å². The van der Waals surface area contributed by atoms with Crippen molar-refractivity contribution in [3.8, 4) is 0 Å².